The number of hydrogen-bond acceptors (Lipinski definition) is 2. The standard InChI is InChI=1S/C9H11BrO2/c10-8-3-1-7(2-4-8)9(12)5-6-11/h1-4,9,11-12H,5-6H2. The van der Waals surface area contributed by atoms with E-state index in [4.69, 9.17) is 5.11 Å². The highest BCUT2D eigenvalue weighted by atomic mass is 79.9. The van der Waals surface area contributed by atoms with Crippen LogP contribution in [0.3, 0.4) is 0 Å². The van der Waals surface area contributed by atoms with Gasteiger partial charge >= 0.3 is 0 Å². The third-order valence-corrected chi connectivity index (χ3v) is 2.19. The van der Waals surface area contributed by atoms with Gasteiger partial charge in [-0.1, -0.05) is 28.1 Å². The summed E-state index contributed by atoms with van der Waals surface area (Å²) in [5.41, 5.74) is 0.840. The molecule has 1 atom stereocenters. The van der Waals surface area contributed by atoms with Gasteiger partial charge in [-0.3, -0.25) is 0 Å². The van der Waals surface area contributed by atoms with Gasteiger partial charge in [0.2, 0.25) is 0 Å². The van der Waals surface area contributed by atoms with E-state index in [0.717, 1.165) is 10.0 Å². The average molecular weight is 231 g/mol. The first-order chi connectivity index (χ1) is 5.74. The second-order valence-corrected chi connectivity index (χ2v) is 3.50. The summed E-state index contributed by atoms with van der Waals surface area (Å²) in [6.07, 6.45) is -0.162. The summed E-state index contributed by atoms with van der Waals surface area (Å²) in [6, 6.07) is 7.42. The van der Waals surface area contributed by atoms with E-state index in [9.17, 15) is 5.11 Å². The molecule has 0 bridgehead atoms. The highest BCUT2D eigenvalue weighted by Crippen LogP contribution is 2.18. The van der Waals surface area contributed by atoms with Crippen molar-refractivity contribution in [1.82, 2.24) is 0 Å². The predicted molar refractivity (Wildman–Crippen MR) is 50.8 cm³/mol. The first-order valence-corrected chi connectivity index (χ1v) is 4.57. The summed E-state index contributed by atoms with van der Waals surface area (Å²) in [7, 11) is 0. The number of aliphatic hydroxyl groups is 2. The van der Waals surface area contributed by atoms with Gasteiger partial charge < -0.3 is 10.2 Å². The molecule has 0 aliphatic rings. The van der Waals surface area contributed by atoms with Crippen LogP contribution in [0.5, 0.6) is 0 Å². The molecule has 1 aromatic carbocycles. The van der Waals surface area contributed by atoms with Crippen LogP contribution in [0, 0.1) is 0 Å². The van der Waals surface area contributed by atoms with Gasteiger partial charge in [-0.15, -0.1) is 0 Å². The van der Waals surface area contributed by atoms with Crippen molar-refractivity contribution in [3.8, 4) is 0 Å². The van der Waals surface area contributed by atoms with Crippen molar-refractivity contribution in [2.45, 2.75) is 12.5 Å². The molecule has 0 aliphatic carbocycles. The molecular formula is C9H11BrO2. The Morgan fingerprint density at radius 1 is 1.25 bits per heavy atom. The Hall–Kier alpha value is -0.380. The number of benzene rings is 1. The minimum atomic E-state index is -0.553. The van der Waals surface area contributed by atoms with Crippen molar-refractivity contribution >= 4 is 15.9 Å². The number of halogens is 1. The molecule has 0 aromatic heterocycles. The van der Waals surface area contributed by atoms with E-state index in [1.807, 2.05) is 24.3 Å². The molecule has 0 heterocycles. The van der Waals surface area contributed by atoms with E-state index in [2.05, 4.69) is 15.9 Å². The Morgan fingerprint density at radius 2 is 1.83 bits per heavy atom. The summed E-state index contributed by atoms with van der Waals surface area (Å²) in [6.45, 7) is 0.0111. The third kappa shape index (κ3) is 2.59. The van der Waals surface area contributed by atoms with Crippen molar-refractivity contribution in [3.05, 3.63) is 34.3 Å². The van der Waals surface area contributed by atoms with Crippen molar-refractivity contribution in [3.63, 3.8) is 0 Å². The minimum absolute atomic E-state index is 0.0111. The van der Waals surface area contributed by atoms with Crippen LogP contribution in [0.4, 0.5) is 0 Å². The zero-order valence-electron chi connectivity index (χ0n) is 6.57. The van der Waals surface area contributed by atoms with Crippen molar-refractivity contribution < 1.29 is 10.2 Å². The van der Waals surface area contributed by atoms with Crippen molar-refractivity contribution in [2.75, 3.05) is 6.61 Å². The molecule has 0 fully saturated rings. The van der Waals surface area contributed by atoms with E-state index in [1.165, 1.54) is 0 Å². The lowest BCUT2D eigenvalue weighted by atomic mass is 10.1. The zero-order valence-corrected chi connectivity index (χ0v) is 8.16. The van der Waals surface area contributed by atoms with E-state index in [-0.39, 0.29) is 6.61 Å². The van der Waals surface area contributed by atoms with Gasteiger partial charge in [0, 0.05) is 17.5 Å². The topological polar surface area (TPSA) is 40.5 Å². The lowest BCUT2D eigenvalue weighted by Crippen LogP contribution is -1.99. The zero-order chi connectivity index (χ0) is 8.97. The second kappa shape index (κ2) is 4.60. The molecule has 0 aliphatic heterocycles. The summed E-state index contributed by atoms with van der Waals surface area (Å²) in [5, 5.41) is 18.0. The van der Waals surface area contributed by atoms with E-state index in [0.29, 0.717) is 6.42 Å². The monoisotopic (exact) mass is 230 g/mol. The van der Waals surface area contributed by atoms with Crippen LogP contribution < -0.4 is 0 Å². The summed E-state index contributed by atoms with van der Waals surface area (Å²) < 4.78 is 0.988. The van der Waals surface area contributed by atoms with Gasteiger partial charge in [-0.2, -0.15) is 0 Å². The lowest BCUT2D eigenvalue weighted by molar-refractivity contribution is 0.134. The highest BCUT2D eigenvalue weighted by molar-refractivity contribution is 9.10. The summed E-state index contributed by atoms with van der Waals surface area (Å²) in [5.74, 6) is 0. The molecule has 2 nitrogen and oxygen atoms in total. The van der Waals surface area contributed by atoms with Crippen LogP contribution in [-0.4, -0.2) is 16.8 Å². The summed E-state index contributed by atoms with van der Waals surface area (Å²) in [4.78, 5) is 0. The molecule has 0 saturated carbocycles. The van der Waals surface area contributed by atoms with Crippen LogP contribution in [0.15, 0.2) is 28.7 Å². The molecule has 0 radical (unpaired) electrons. The minimum Gasteiger partial charge on any atom is -0.396 e. The second-order valence-electron chi connectivity index (χ2n) is 2.58. The Labute approximate surface area is 80.0 Å². The van der Waals surface area contributed by atoms with Gasteiger partial charge in [0.05, 0.1) is 6.10 Å². The maximum absolute atomic E-state index is 9.44. The SMILES string of the molecule is OCCC(O)c1ccc(Br)cc1. The molecule has 12 heavy (non-hydrogen) atoms. The highest BCUT2D eigenvalue weighted by Gasteiger charge is 2.05. The number of aliphatic hydroxyl groups excluding tert-OH is 2. The first-order valence-electron chi connectivity index (χ1n) is 3.78. The van der Waals surface area contributed by atoms with Crippen LogP contribution in [0.1, 0.15) is 18.1 Å². The Balaban J connectivity index is 2.68. The van der Waals surface area contributed by atoms with Crippen LogP contribution >= 0.6 is 15.9 Å². The third-order valence-electron chi connectivity index (χ3n) is 1.66. The normalized spacial score (nSPS) is 12.9. The van der Waals surface area contributed by atoms with Gasteiger partial charge in [0.1, 0.15) is 0 Å². The van der Waals surface area contributed by atoms with E-state index in [1.54, 1.807) is 0 Å². The molecule has 1 unspecified atom stereocenters. The first kappa shape index (κ1) is 9.71. The van der Waals surface area contributed by atoms with Crippen molar-refractivity contribution in [2.24, 2.45) is 0 Å². The van der Waals surface area contributed by atoms with Crippen LogP contribution in [0.2, 0.25) is 0 Å². The van der Waals surface area contributed by atoms with Crippen LogP contribution in [0.25, 0.3) is 0 Å². The van der Waals surface area contributed by atoms with E-state index >= 15 is 0 Å². The fourth-order valence-electron chi connectivity index (χ4n) is 0.974. The fourth-order valence-corrected chi connectivity index (χ4v) is 1.24. The number of rotatable bonds is 3. The molecule has 1 aromatic rings. The molecule has 66 valence electrons. The number of hydrogen-bond donors (Lipinski definition) is 2. The smallest absolute Gasteiger partial charge is 0.0811 e. The van der Waals surface area contributed by atoms with Gasteiger partial charge in [0.15, 0.2) is 0 Å². The Morgan fingerprint density at radius 3 is 2.33 bits per heavy atom. The molecular weight excluding hydrogens is 220 g/mol. The Kier molecular flexibility index (Phi) is 3.72. The lowest BCUT2D eigenvalue weighted by Gasteiger charge is -2.08. The molecule has 2 N–H and O–H groups in total. The molecule has 1 rings (SSSR count). The fraction of sp³-hybridized carbons (Fsp3) is 0.333. The van der Waals surface area contributed by atoms with Gasteiger partial charge in [-0.25, -0.2) is 0 Å². The molecule has 0 saturated heterocycles. The maximum atomic E-state index is 9.44. The maximum Gasteiger partial charge on any atom is 0.0811 e. The Bertz CT molecular complexity index is 233. The quantitative estimate of drug-likeness (QED) is 0.833. The largest absolute Gasteiger partial charge is 0.396 e. The average Bonchev–Trinajstić information content (AvgIpc) is 2.06. The van der Waals surface area contributed by atoms with Gasteiger partial charge in [-0.05, 0) is 17.7 Å². The molecule has 3 heteroatoms. The van der Waals surface area contributed by atoms with Gasteiger partial charge in [0.25, 0.3) is 0 Å². The molecule has 0 spiro atoms. The molecule has 0 amide bonds. The van der Waals surface area contributed by atoms with Crippen LogP contribution in [-0.2, 0) is 0 Å². The summed E-state index contributed by atoms with van der Waals surface area (Å²) >= 11 is 3.30. The van der Waals surface area contributed by atoms with E-state index < -0.39 is 6.10 Å². The predicted octanol–water partition coefficient (Wildman–Crippen LogP) is 1.86. The van der Waals surface area contributed by atoms with Crippen molar-refractivity contribution in [1.29, 1.82) is 0 Å².